The lowest BCUT2D eigenvalue weighted by Crippen LogP contribution is -2.48. The van der Waals surface area contributed by atoms with Crippen LogP contribution >= 0.6 is 15.9 Å². The quantitative estimate of drug-likeness (QED) is 0.905. The maximum absolute atomic E-state index is 12.6. The molecule has 0 aliphatic carbocycles. The summed E-state index contributed by atoms with van der Waals surface area (Å²) in [7, 11) is 1.54. The lowest BCUT2D eigenvalue weighted by Gasteiger charge is -2.37. The average molecular weight is 356 g/mol. The van der Waals surface area contributed by atoms with Gasteiger partial charge in [0.2, 0.25) is 0 Å². The third-order valence-electron chi connectivity index (χ3n) is 3.90. The largest absolute Gasteiger partial charge is 0.497 e. The molecule has 0 bridgehead atoms. The van der Waals surface area contributed by atoms with E-state index in [1.807, 2.05) is 0 Å². The maximum atomic E-state index is 12.6. The van der Waals surface area contributed by atoms with E-state index in [2.05, 4.69) is 15.9 Å². The molecule has 1 N–H and O–H groups in total. The Balaban J connectivity index is 2.26. The fourth-order valence-corrected chi connectivity index (χ4v) is 2.97. The predicted octanol–water partition coefficient (Wildman–Crippen LogP) is 2.78. The summed E-state index contributed by atoms with van der Waals surface area (Å²) >= 11 is 3.36. The number of halogens is 1. The zero-order chi connectivity index (χ0) is 15.6. The highest BCUT2D eigenvalue weighted by Gasteiger charge is 2.39. The van der Waals surface area contributed by atoms with Crippen LogP contribution < -0.4 is 4.74 Å². The molecule has 1 aromatic carbocycles. The summed E-state index contributed by atoms with van der Waals surface area (Å²) in [5.74, 6) is -0.433. The number of methoxy groups -OCH3 is 1. The number of aliphatic carboxylic acids is 1. The molecule has 0 saturated carbocycles. The highest BCUT2D eigenvalue weighted by atomic mass is 79.9. The van der Waals surface area contributed by atoms with Crippen molar-refractivity contribution < 1.29 is 19.4 Å². The molecule has 0 radical (unpaired) electrons. The highest BCUT2D eigenvalue weighted by Crippen LogP contribution is 2.32. The lowest BCUT2D eigenvalue weighted by atomic mass is 9.82. The summed E-state index contributed by atoms with van der Waals surface area (Å²) in [5.41, 5.74) is -0.386. The molecule has 0 spiro atoms. The molecule has 5 nitrogen and oxygen atoms in total. The Kier molecular flexibility index (Phi) is 4.56. The molecule has 6 heteroatoms. The number of hydrogen-bond donors (Lipinski definition) is 1. The van der Waals surface area contributed by atoms with Gasteiger partial charge >= 0.3 is 5.97 Å². The van der Waals surface area contributed by atoms with Crippen molar-refractivity contribution in [1.82, 2.24) is 4.90 Å². The third kappa shape index (κ3) is 3.20. The third-order valence-corrected chi connectivity index (χ3v) is 4.60. The SMILES string of the molecule is COc1ccc(Br)c(C(=O)N2CCCC(C)(C(=O)O)C2)c1. The number of carbonyl (C=O) groups is 2. The van der Waals surface area contributed by atoms with Crippen LogP contribution in [-0.4, -0.2) is 42.1 Å². The number of amides is 1. The van der Waals surface area contributed by atoms with Gasteiger partial charge in [-0.05, 0) is 53.9 Å². The summed E-state index contributed by atoms with van der Waals surface area (Å²) < 4.78 is 5.82. The topological polar surface area (TPSA) is 66.8 Å². The predicted molar refractivity (Wildman–Crippen MR) is 81.6 cm³/mol. The number of carbonyl (C=O) groups excluding carboxylic acids is 1. The minimum absolute atomic E-state index is 0.173. The van der Waals surface area contributed by atoms with Gasteiger partial charge in [0, 0.05) is 17.6 Å². The van der Waals surface area contributed by atoms with Gasteiger partial charge in [-0.2, -0.15) is 0 Å². The van der Waals surface area contributed by atoms with E-state index in [0.717, 1.165) is 0 Å². The van der Waals surface area contributed by atoms with Crippen molar-refractivity contribution in [3.8, 4) is 5.75 Å². The van der Waals surface area contributed by atoms with Crippen LogP contribution in [0.2, 0.25) is 0 Å². The van der Waals surface area contributed by atoms with Crippen LogP contribution in [0, 0.1) is 5.41 Å². The first-order chi connectivity index (χ1) is 9.87. The summed E-state index contributed by atoms with van der Waals surface area (Å²) in [5, 5.41) is 9.34. The second kappa shape index (κ2) is 6.05. The van der Waals surface area contributed by atoms with Crippen molar-refractivity contribution in [2.75, 3.05) is 20.2 Å². The number of piperidine rings is 1. The number of carboxylic acid groups (broad SMARTS) is 1. The van der Waals surface area contributed by atoms with Gasteiger partial charge in [-0.25, -0.2) is 0 Å². The van der Waals surface area contributed by atoms with Crippen LogP contribution in [0.3, 0.4) is 0 Å². The van der Waals surface area contributed by atoms with E-state index in [9.17, 15) is 14.7 Å². The van der Waals surface area contributed by atoms with Crippen LogP contribution in [0.15, 0.2) is 22.7 Å². The van der Waals surface area contributed by atoms with Gasteiger partial charge in [-0.1, -0.05) is 0 Å². The molecule has 114 valence electrons. The van der Waals surface area contributed by atoms with Gasteiger partial charge in [-0.3, -0.25) is 9.59 Å². The number of benzene rings is 1. The van der Waals surface area contributed by atoms with E-state index in [-0.39, 0.29) is 12.5 Å². The van der Waals surface area contributed by atoms with Crippen molar-refractivity contribution in [1.29, 1.82) is 0 Å². The van der Waals surface area contributed by atoms with Gasteiger partial charge < -0.3 is 14.7 Å². The standard InChI is InChI=1S/C15H18BrNO4/c1-15(14(19)20)6-3-7-17(9-15)13(18)11-8-10(21-2)4-5-12(11)16/h4-5,8H,3,6-7,9H2,1-2H3,(H,19,20). The molecule has 1 unspecified atom stereocenters. The molecule has 1 aromatic rings. The van der Waals surface area contributed by atoms with Crippen molar-refractivity contribution in [2.24, 2.45) is 5.41 Å². The molecular weight excluding hydrogens is 338 g/mol. The molecule has 2 rings (SSSR count). The van der Waals surface area contributed by atoms with E-state index in [1.54, 1.807) is 37.1 Å². The van der Waals surface area contributed by atoms with Crippen LogP contribution in [0.5, 0.6) is 5.75 Å². The Morgan fingerprint density at radius 2 is 2.14 bits per heavy atom. The van der Waals surface area contributed by atoms with Crippen LogP contribution in [0.25, 0.3) is 0 Å². The first kappa shape index (κ1) is 15.8. The minimum Gasteiger partial charge on any atom is -0.497 e. The maximum Gasteiger partial charge on any atom is 0.311 e. The lowest BCUT2D eigenvalue weighted by molar-refractivity contribution is -0.150. The van der Waals surface area contributed by atoms with Gasteiger partial charge in [0.25, 0.3) is 5.91 Å². The van der Waals surface area contributed by atoms with Gasteiger partial charge in [0.1, 0.15) is 5.75 Å². The second-order valence-electron chi connectivity index (χ2n) is 5.54. The number of carboxylic acids is 1. The smallest absolute Gasteiger partial charge is 0.311 e. The highest BCUT2D eigenvalue weighted by molar-refractivity contribution is 9.10. The first-order valence-corrected chi connectivity index (χ1v) is 7.53. The second-order valence-corrected chi connectivity index (χ2v) is 6.40. The van der Waals surface area contributed by atoms with Crippen molar-refractivity contribution >= 4 is 27.8 Å². The Morgan fingerprint density at radius 3 is 2.76 bits per heavy atom. The molecular formula is C15H18BrNO4. The van der Waals surface area contributed by atoms with E-state index < -0.39 is 11.4 Å². The number of rotatable bonds is 3. The van der Waals surface area contributed by atoms with Crippen molar-refractivity contribution in [3.63, 3.8) is 0 Å². The van der Waals surface area contributed by atoms with Crippen LogP contribution in [-0.2, 0) is 4.79 Å². The molecule has 0 aromatic heterocycles. The fraction of sp³-hybridized carbons (Fsp3) is 0.467. The zero-order valence-corrected chi connectivity index (χ0v) is 13.6. The van der Waals surface area contributed by atoms with E-state index in [1.165, 1.54) is 0 Å². The van der Waals surface area contributed by atoms with E-state index in [4.69, 9.17) is 4.74 Å². The molecule has 1 fully saturated rings. The van der Waals surface area contributed by atoms with Gasteiger partial charge in [0.05, 0.1) is 18.1 Å². The fourth-order valence-electron chi connectivity index (χ4n) is 2.55. The van der Waals surface area contributed by atoms with Crippen LogP contribution in [0.1, 0.15) is 30.1 Å². The first-order valence-electron chi connectivity index (χ1n) is 6.73. The molecule has 1 aliphatic heterocycles. The number of likely N-dealkylation sites (tertiary alicyclic amines) is 1. The molecule has 1 saturated heterocycles. The summed E-state index contributed by atoms with van der Waals surface area (Å²) in [6.45, 7) is 2.49. The summed E-state index contributed by atoms with van der Waals surface area (Å²) in [4.78, 5) is 25.6. The Labute approximate surface area is 132 Å². The number of hydrogen-bond acceptors (Lipinski definition) is 3. The summed E-state index contributed by atoms with van der Waals surface area (Å²) in [6.07, 6.45) is 1.28. The Hall–Kier alpha value is -1.56. The van der Waals surface area contributed by atoms with Crippen LogP contribution in [0.4, 0.5) is 0 Å². The molecule has 1 amide bonds. The van der Waals surface area contributed by atoms with Gasteiger partial charge in [-0.15, -0.1) is 0 Å². The van der Waals surface area contributed by atoms with Crippen molar-refractivity contribution in [2.45, 2.75) is 19.8 Å². The average Bonchev–Trinajstić information content (AvgIpc) is 2.47. The molecule has 21 heavy (non-hydrogen) atoms. The van der Waals surface area contributed by atoms with Crippen molar-refractivity contribution in [3.05, 3.63) is 28.2 Å². The van der Waals surface area contributed by atoms with E-state index >= 15 is 0 Å². The monoisotopic (exact) mass is 355 g/mol. The normalized spacial score (nSPS) is 22.0. The molecule has 1 atom stereocenters. The molecule has 1 aliphatic rings. The number of nitrogens with zero attached hydrogens (tertiary/aromatic N) is 1. The Bertz CT molecular complexity index is 575. The minimum atomic E-state index is -0.876. The Morgan fingerprint density at radius 1 is 1.43 bits per heavy atom. The zero-order valence-electron chi connectivity index (χ0n) is 12.1. The van der Waals surface area contributed by atoms with Gasteiger partial charge in [0.15, 0.2) is 0 Å². The number of ether oxygens (including phenoxy) is 1. The molecule has 1 heterocycles. The van der Waals surface area contributed by atoms with E-state index in [0.29, 0.717) is 35.2 Å². The summed E-state index contributed by atoms with van der Waals surface area (Å²) in [6, 6.07) is 5.18.